The fraction of sp³-hybridized carbons (Fsp3) is 0.348. The topological polar surface area (TPSA) is 94.7 Å². The van der Waals surface area contributed by atoms with Gasteiger partial charge >= 0.3 is 5.97 Å². The molecule has 156 valence electrons. The van der Waals surface area contributed by atoms with Crippen LogP contribution in [0.2, 0.25) is 0 Å². The minimum absolute atomic E-state index is 0.302. The molecule has 3 heterocycles. The standard InChI is InChI=1S/C23H24N2O5/c1-16-19(25-21(30-16)18-6-3-2-4-7-18)10-13-28-20-9-8-17(15-24-20)14-23(22(26)27)11-5-12-29-23/h2-4,6-9,15H,5,10-14H2,1H3,(H,26,27)/t23-/m0/s1. The summed E-state index contributed by atoms with van der Waals surface area (Å²) in [4.78, 5) is 20.5. The van der Waals surface area contributed by atoms with Gasteiger partial charge in [0.2, 0.25) is 11.8 Å². The molecule has 0 amide bonds. The van der Waals surface area contributed by atoms with Crippen LogP contribution in [0.1, 0.15) is 29.9 Å². The highest BCUT2D eigenvalue weighted by atomic mass is 16.5. The molecule has 0 bridgehead atoms. The highest BCUT2D eigenvalue weighted by Crippen LogP contribution is 2.30. The van der Waals surface area contributed by atoms with Crippen LogP contribution in [0.3, 0.4) is 0 Å². The van der Waals surface area contributed by atoms with Crippen LogP contribution in [0.5, 0.6) is 5.88 Å². The Kier molecular flexibility index (Phi) is 5.81. The molecule has 1 atom stereocenters. The molecular weight excluding hydrogens is 384 g/mol. The van der Waals surface area contributed by atoms with Crippen molar-refractivity contribution in [2.24, 2.45) is 0 Å². The number of carbonyl (C=O) groups is 1. The molecule has 0 aliphatic carbocycles. The minimum atomic E-state index is -1.13. The lowest BCUT2D eigenvalue weighted by atomic mass is 9.92. The number of rotatable bonds is 8. The lowest BCUT2D eigenvalue weighted by molar-refractivity contribution is -0.159. The second-order valence-corrected chi connectivity index (χ2v) is 7.42. The Morgan fingerprint density at radius 3 is 2.73 bits per heavy atom. The van der Waals surface area contributed by atoms with Crippen molar-refractivity contribution in [2.75, 3.05) is 13.2 Å². The number of carboxylic acids is 1. The van der Waals surface area contributed by atoms with Crippen molar-refractivity contribution < 1.29 is 23.8 Å². The summed E-state index contributed by atoms with van der Waals surface area (Å²) < 4.78 is 17.0. The van der Waals surface area contributed by atoms with Gasteiger partial charge in [-0.15, -0.1) is 0 Å². The van der Waals surface area contributed by atoms with Crippen molar-refractivity contribution in [1.29, 1.82) is 0 Å². The molecule has 1 N–H and O–H groups in total. The van der Waals surface area contributed by atoms with Crippen molar-refractivity contribution >= 4 is 5.97 Å². The van der Waals surface area contributed by atoms with Gasteiger partial charge in [0, 0.05) is 37.3 Å². The van der Waals surface area contributed by atoms with E-state index in [4.69, 9.17) is 13.9 Å². The van der Waals surface area contributed by atoms with E-state index >= 15 is 0 Å². The zero-order valence-corrected chi connectivity index (χ0v) is 16.8. The van der Waals surface area contributed by atoms with Crippen LogP contribution in [0.25, 0.3) is 11.5 Å². The van der Waals surface area contributed by atoms with Gasteiger partial charge in [0.05, 0.1) is 12.3 Å². The smallest absolute Gasteiger partial charge is 0.336 e. The number of pyridine rings is 1. The van der Waals surface area contributed by atoms with Crippen LogP contribution >= 0.6 is 0 Å². The van der Waals surface area contributed by atoms with E-state index in [9.17, 15) is 9.90 Å². The molecule has 1 fully saturated rings. The van der Waals surface area contributed by atoms with Crippen molar-refractivity contribution in [1.82, 2.24) is 9.97 Å². The summed E-state index contributed by atoms with van der Waals surface area (Å²) in [6, 6.07) is 13.4. The lowest BCUT2D eigenvalue weighted by Crippen LogP contribution is -2.40. The zero-order chi connectivity index (χ0) is 21.0. The molecule has 0 unspecified atom stereocenters. The summed E-state index contributed by atoms with van der Waals surface area (Å²) in [6.45, 7) is 2.79. The Bertz CT molecular complexity index is 992. The minimum Gasteiger partial charge on any atom is -0.479 e. The van der Waals surface area contributed by atoms with Gasteiger partial charge in [0.15, 0.2) is 5.60 Å². The second kappa shape index (κ2) is 8.67. The molecule has 0 saturated carbocycles. The van der Waals surface area contributed by atoms with Crippen LogP contribution in [0, 0.1) is 6.92 Å². The van der Waals surface area contributed by atoms with Gasteiger partial charge in [0.1, 0.15) is 5.76 Å². The molecule has 3 aromatic rings. The first kappa shape index (κ1) is 20.1. The normalized spacial score (nSPS) is 18.4. The van der Waals surface area contributed by atoms with E-state index in [2.05, 4.69) is 9.97 Å². The number of hydrogen-bond donors (Lipinski definition) is 1. The first-order valence-electron chi connectivity index (χ1n) is 10.0. The van der Waals surface area contributed by atoms with Crippen molar-refractivity contribution in [3.63, 3.8) is 0 Å². The van der Waals surface area contributed by atoms with E-state index in [1.165, 1.54) is 0 Å². The molecule has 7 nitrogen and oxygen atoms in total. The van der Waals surface area contributed by atoms with Crippen LogP contribution in [-0.4, -0.2) is 39.9 Å². The van der Waals surface area contributed by atoms with Crippen LogP contribution in [0.4, 0.5) is 0 Å². The number of hydrogen-bond acceptors (Lipinski definition) is 6. The Morgan fingerprint density at radius 1 is 1.23 bits per heavy atom. The van der Waals surface area contributed by atoms with Gasteiger partial charge < -0.3 is 19.0 Å². The maximum atomic E-state index is 11.6. The summed E-state index contributed by atoms with van der Waals surface area (Å²) in [6.07, 6.45) is 3.82. The maximum absolute atomic E-state index is 11.6. The average molecular weight is 408 g/mol. The number of aliphatic carboxylic acids is 1. The predicted molar refractivity (Wildman–Crippen MR) is 109 cm³/mol. The van der Waals surface area contributed by atoms with Crippen LogP contribution < -0.4 is 4.74 Å². The van der Waals surface area contributed by atoms with Crippen LogP contribution in [0.15, 0.2) is 53.1 Å². The molecule has 7 heteroatoms. The summed E-state index contributed by atoms with van der Waals surface area (Å²) in [7, 11) is 0. The molecule has 1 aliphatic rings. The Hall–Kier alpha value is -3.19. The van der Waals surface area contributed by atoms with Crippen molar-refractivity contribution in [3.05, 3.63) is 65.7 Å². The van der Waals surface area contributed by atoms with E-state index in [1.807, 2.05) is 43.3 Å². The maximum Gasteiger partial charge on any atom is 0.336 e. The zero-order valence-electron chi connectivity index (χ0n) is 16.8. The molecule has 1 aliphatic heterocycles. The third kappa shape index (κ3) is 4.36. The summed E-state index contributed by atoms with van der Waals surface area (Å²) >= 11 is 0. The van der Waals surface area contributed by atoms with E-state index in [0.29, 0.717) is 44.2 Å². The average Bonchev–Trinajstić information content (AvgIpc) is 3.38. The number of aromatic nitrogens is 2. The lowest BCUT2D eigenvalue weighted by Gasteiger charge is -2.23. The molecule has 1 aromatic carbocycles. The van der Waals surface area contributed by atoms with Gasteiger partial charge in [-0.05, 0) is 37.5 Å². The van der Waals surface area contributed by atoms with Gasteiger partial charge in [-0.2, -0.15) is 0 Å². The first-order chi connectivity index (χ1) is 14.6. The number of ether oxygens (including phenoxy) is 2. The third-order valence-electron chi connectivity index (χ3n) is 5.28. The van der Waals surface area contributed by atoms with Gasteiger partial charge in [-0.3, -0.25) is 0 Å². The van der Waals surface area contributed by atoms with Gasteiger partial charge in [0.25, 0.3) is 0 Å². The number of nitrogens with zero attached hydrogens (tertiary/aromatic N) is 2. The quantitative estimate of drug-likeness (QED) is 0.605. The largest absolute Gasteiger partial charge is 0.479 e. The number of aryl methyl sites for hydroxylation is 1. The fourth-order valence-electron chi connectivity index (χ4n) is 3.63. The summed E-state index contributed by atoms with van der Waals surface area (Å²) in [5.41, 5.74) is 1.47. The number of oxazole rings is 1. The SMILES string of the molecule is Cc1oc(-c2ccccc2)nc1CCOc1ccc(C[C@]2(C(=O)O)CCCO2)cn1. The number of benzene rings is 1. The Labute approximate surface area is 174 Å². The second-order valence-electron chi connectivity index (χ2n) is 7.42. The van der Waals surface area contributed by atoms with Gasteiger partial charge in [-0.25, -0.2) is 14.8 Å². The van der Waals surface area contributed by atoms with Gasteiger partial charge in [-0.1, -0.05) is 24.3 Å². The van der Waals surface area contributed by atoms with E-state index in [-0.39, 0.29) is 0 Å². The molecule has 4 rings (SSSR count). The van der Waals surface area contributed by atoms with Crippen molar-refractivity contribution in [2.45, 2.75) is 38.2 Å². The van der Waals surface area contributed by atoms with Crippen LogP contribution in [-0.2, 0) is 22.4 Å². The van der Waals surface area contributed by atoms with Crippen molar-refractivity contribution in [3.8, 4) is 17.3 Å². The molecule has 30 heavy (non-hydrogen) atoms. The molecule has 0 spiro atoms. The number of carboxylic acid groups (broad SMARTS) is 1. The van der Waals surface area contributed by atoms with E-state index < -0.39 is 11.6 Å². The third-order valence-corrected chi connectivity index (χ3v) is 5.28. The molecule has 0 radical (unpaired) electrons. The van der Waals surface area contributed by atoms with E-state index in [1.54, 1.807) is 12.3 Å². The summed E-state index contributed by atoms with van der Waals surface area (Å²) in [5.74, 6) is 0.946. The Balaban J connectivity index is 1.33. The highest BCUT2D eigenvalue weighted by molar-refractivity contribution is 5.78. The molecule has 1 saturated heterocycles. The summed E-state index contributed by atoms with van der Waals surface area (Å²) in [5, 5.41) is 9.52. The fourth-order valence-corrected chi connectivity index (χ4v) is 3.63. The predicted octanol–water partition coefficient (Wildman–Crippen LogP) is 3.84. The molecular formula is C23H24N2O5. The molecule has 2 aromatic heterocycles. The Morgan fingerprint density at radius 2 is 2.07 bits per heavy atom. The monoisotopic (exact) mass is 408 g/mol. The first-order valence-corrected chi connectivity index (χ1v) is 10.0. The van der Waals surface area contributed by atoms with E-state index in [0.717, 1.165) is 29.0 Å². The highest BCUT2D eigenvalue weighted by Gasteiger charge is 2.42.